The smallest absolute Gasteiger partial charge is 0.312 e. The molecule has 0 saturated heterocycles. The molecule has 3 atom stereocenters. The summed E-state index contributed by atoms with van der Waals surface area (Å²) in [4.78, 5) is 34.8. The van der Waals surface area contributed by atoms with Crippen LogP contribution in [0.15, 0.2) is 0 Å². The number of carboxylic acids is 1. The predicted octanol–water partition coefficient (Wildman–Crippen LogP) is 1.24. The SMILES string of the molecule is CCCC(CC)COC(C)C(NC(N)=O)C(=O)NCC1(C(=O)O)CC1. The molecule has 144 valence electrons. The number of hydrogen-bond donors (Lipinski definition) is 4. The van der Waals surface area contributed by atoms with Crippen molar-refractivity contribution < 1.29 is 24.2 Å². The van der Waals surface area contributed by atoms with Gasteiger partial charge < -0.3 is 26.2 Å². The molecule has 1 saturated carbocycles. The lowest BCUT2D eigenvalue weighted by molar-refractivity contribution is -0.143. The molecular weight excluding hydrogens is 326 g/mol. The highest BCUT2D eigenvalue weighted by Crippen LogP contribution is 2.45. The normalized spacial score (nSPS) is 18.7. The van der Waals surface area contributed by atoms with Crippen molar-refractivity contribution in [2.45, 2.75) is 65.0 Å². The van der Waals surface area contributed by atoms with Gasteiger partial charge in [-0.2, -0.15) is 0 Å². The molecule has 1 aliphatic rings. The molecule has 5 N–H and O–H groups in total. The number of urea groups is 1. The first-order valence-electron chi connectivity index (χ1n) is 8.94. The van der Waals surface area contributed by atoms with E-state index < -0.39 is 35.5 Å². The number of carboxylic acid groups (broad SMARTS) is 1. The Morgan fingerprint density at radius 3 is 2.36 bits per heavy atom. The second-order valence-electron chi connectivity index (χ2n) is 6.89. The summed E-state index contributed by atoms with van der Waals surface area (Å²) in [5.74, 6) is -1.00. The van der Waals surface area contributed by atoms with Crippen LogP contribution in [0.5, 0.6) is 0 Å². The molecule has 3 unspecified atom stereocenters. The van der Waals surface area contributed by atoms with Crippen LogP contribution in [0.4, 0.5) is 4.79 Å². The van der Waals surface area contributed by atoms with E-state index >= 15 is 0 Å². The fraction of sp³-hybridized carbons (Fsp3) is 0.824. The summed E-state index contributed by atoms with van der Waals surface area (Å²) in [6.45, 7) is 6.42. The number of carbonyl (C=O) groups excluding carboxylic acids is 2. The third kappa shape index (κ3) is 6.53. The topological polar surface area (TPSA) is 131 Å². The van der Waals surface area contributed by atoms with Crippen LogP contribution >= 0.6 is 0 Å². The van der Waals surface area contributed by atoms with Gasteiger partial charge in [-0.25, -0.2) is 4.79 Å². The third-order valence-corrected chi connectivity index (χ3v) is 4.83. The average molecular weight is 357 g/mol. The molecule has 0 bridgehead atoms. The van der Waals surface area contributed by atoms with Gasteiger partial charge in [-0.1, -0.05) is 26.7 Å². The summed E-state index contributed by atoms with van der Waals surface area (Å²) in [5, 5.41) is 14.2. The zero-order chi connectivity index (χ0) is 19.0. The zero-order valence-electron chi connectivity index (χ0n) is 15.3. The number of aliphatic carboxylic acids is 1. The van der Waals surface area contributed by atoms with Crippen molar-refractivity contribution in [3.05, 3.63) is 0 Å². The Bertz CT molecular complexity index is 479. The fourth-order valence-corrected chi connectivity index (χ4v) is 2.73. The fourth-order valence-electron chi connectivity index (χ4n) is 2.73. The highest BCUT2D eigenvalue weighted by molar-refractivity contribution is 5.88. The van der Waals surface area contributed by atoms with Gasteiger partial charge in [0, 0.05) is 13.2 Å². The van der Waals surface area contributed by atoms with Crippen LogP contribution in [-0.4, -0.2) is 48.3 Å². The van der Waals surface area contributed by atoms with E-state index in [0.29, 0.717) is 25.4 Å². The lowest BCUT2D eigenvalue weighted by Gasteiger charge is -2.26. The van der Waals surface area contributed by atoms with Crippen molar-refractivity contribution in [2.24, 2.45) is 17.1 Å². The largest absolute Gasteiger partial charge is 0.481 e. The highest BCUT2D eigenvalue weighted by atomic mass is 16.5. The van der Waals surface area contributed by atoms with Crippen LogP contribution in [0.25, 0.3) is 0 Å². The molecule has 8 nitrogen and oxygen atoms in total. The van der Waals surface area contributed by atoms with Crippen molar-refractivity contribution >= 4 is 17.9 Å². The second-order valence-corrected chi connectivity index (χ2v) is 6.89. The Balaban J connectivity index is 2.60. The van der Waals surface area contributed by atoms with E-state index in [1.165, 1.54) is 0 Å². The molecule has 8 heteroatoms. The van der Waals surface area contributed by atoms with Gasteiger partial charge >= 0.3 is 12.0 Å². The Morgan fingerprint density at radius 1 is 1.28 bits per heavy atom. The number of amides is 3. The lowest BCUT2D eigenvalue weighted by atomic mass is 10.0. The second kappa shape index (κ2) is 9.60. The van der Waals surface area contributed by atoms with Crippen molar-refractivity contribution in [1.82, 2.24) is 10.6 Å². The zero-order valence-corrected chi connectivity index (χ0v) is 15.3. The molecule has 1 fully saturated rings. The molecule has 1 rings (SSSR count). The Kier molecular flexibility index (Phi) is 8.15. The van der Waals surface area contributed by atoms with Crippen LogP contribution < -0.4 is 16.4 Å². The summed E-state index contributed by atoms with van der Waals surface area (Å²) in [6, 6.07) is -1.78. The van der Waals surface area contributed by atoms with E-state index in [9.17, 15) is 14.4 Å². The molecule has 0 aromatic heterocycles. The van der Waals surface area contributed by atoms with Crippen LogP contribution in [0.3, 0.4) is 0 Å². The minimum absolute atomic E-state index is 0.0399. The maximum Gasteiger partial charge on any atom is 0.312 e. The number of ether oxygens (including phenoxy) is 1. The number of nitrogens with two attached hydrogens (primary N) is 1. The van der Waals surface area contributed by atoms with Gasteiger partial charge in [0.15, 0.2) is 0 Å². The van der Waals surface area contributed by atoms with Gasteiger partial charge in [-0.3, -0.25) is 9.59 Å². The Morgan fingerprint density at radius 2 is 1.92 bits per heavy atom. The minimum Gasteiger partial charge on any atom is -0.481 e. The van der Waals surface area contributed by atoms with Gasteiger partial charge in [-0.15, -0.1) is 0 Å². The summed E-state index contributed by atoms with van der Waals surface area (Å²) in [5.41, 5.74) is 4.29. The van der Waals surface area contributed by atoms with Crippen molar-refractivity contribution in [3.63, 3.8) is 0 Å². The number of primary amides is 1. The standard InChI is InChI=1S/C17H31N3O5/c1-4-6-12(5-2)9-25-11(3)13(20-16(18)24)14(21)19-10-17(7-8-17)15(22)23/h11-13H,4-10H2,1-3H3,(H,19,21)(H,22,23)(H3,18,20,24). The highest BCUT2D eigenvalue weighted by Gasteiger charge is 2.50. The van der Waals surface area contributed by atoms with E-state index in [-0.39, 0.29) is 6.54 Å². The number of rotatable bonds is 12. The summed E-state index contributed by atoms with van der Waals surface area (Å²) >= 11 is 0. The number of nitrogens with one attached hydrogen (secondary N) is 2. The molecule has 0 aromatic carbocycles. The maximum atomic E-state index is 12.4. The molecule has 0 aromatic rings. The van der Waals surface area contributed by atoms with E-state index in [1.54, 1.807) is 6.92 Å². The average Bonchev–Trinajstić information content (AvgIpc) is 3.35. The summed E-state index contributed by atoms with van der Waals surface area (Å²) in [6.07, 6.45) is 3.57. The van der Waals surface area contributed by atoms with Crippen LogP contribution in [0, 0.1) is 11.3 Å². The van der Waals surface area contributed by atoms with Gasteiger partial charge in [0.1, 0.15) is 6.04 Å². The summed E-state index contributed by atoms with van der Waals surface area (Å²) in [7, 11) is 0. The van der Waals surface area contributed by atoms with Crippen molar-refractivity contribution in [1.29, 1.82) is 0 Å². The van der Waals surface area contributed by atoms with Crippen LogP contribution in [-0.2, 0) is 14.3 Å². The molecule has 0 heterocycles. The van der Waals surface area contributed by atoms with E-state index in [0.717, 1.165) is 19.3 Å². The molecule has 25 heavy (non-hydrogen) atoms. The predicted molar refractivity (Wildman–Crippen MR) is 92.9 cm³/mol. The van der Waals surface area contributed by atoms with Crippen LogP contribution in [0.2, 0.25) is 0 Å². The monoisotopic (exact) mass is 357 g/mol. The van der Waals surface area contributed by atoms with Gasteiger partial charge in [-0.05, 0) is 32.1 Å². The van der Waals surface area contributed by atoms with Crippen LogP contribution in [0.1, 0.15) is 52.9 Å². The van der Waals surface area contributed by atoms with Gasteiger partial charge in [0.2, 0.25) is 5.91 Å². The molecular formula is C17H31N3O5. The Labute approximate surface area is 148 Å². The van der Waals surface area contributed by atoms with Crippen molar-refractivity contribution in [3.8, 4) is 0 Å². The van der Waals surface area contributed by atoms with E-state index in [1.807, 2.05) is 0 Å². The van der Waals surface area contributed by atoms with Crippen molar-refractivity contribution in [2.75, 3.05) is 13.2 Å². The Hall–Kier alpha value is -1.83. The molecule has 0 radical (unpaired) electrons. The quantitative estimate of drug-likeness (QED) is 0.417. The number of hydrogen-bond acceptors (Lipinski definition) is 4. The first-order valence-corrected chi connectivity index (χ1v) is 8.94. The lowest BCUT2D eigenvalue weighted by Crippen LogP contribution is -2.55. The van der Waals surface area contributed by atoms with E-state index in [4.69, 9.17) is 15.6 Å². The molecule has 0 spiro atoms. The summed E-state index contributed by atoms with van der Waals surface area (Å²) < 4.78 is 5.78. The van der Waals surface area contributed by atoms with Gasteiger partial charge in [0.25, 0.3) is 0 Å². The molecule has 0 aliphatic heterocycles. The number of carbonyl (C=O) groups is 3. The third-order valence-electron chi connectivity index (χ3n) is 4.83. The maximum absolute atomic E-state index is 12.4. The first-order chi connectivity index (χ1) is 11.8. The first kappa shape index (κ1) is 21.2. The molecule has 1 aliphatic carbocycles. The van der Waals surface area contributed by atoms with E-state index in [2.05, 4.69) is 24.5 Å². The van der Waals surface area contributed by atoms with Gasteiger partial charge in [0.05, 0.1) is 11.5 Å². The molecule has 3 amide bonds. The minimum atomic E-state index is -0.957.